The quantitative estimate of drug-likeness (QED) is 0.706. The first-order chi connectivity index (χ1) is 13.5. The Kier molecular flexibility index (Phi) is 5.60. The highest BCUT2D eigenvalue weighted by molar-refractivity contribution is 6.43. The van der Waals surface area contributed by atoms with E-state index >= 15 is 0 Å². The third-order valence-electron chi connectivity index (χ3n) is 4.40. The first-order valence-corrected chi connectivity index (χ1v) is 9.06. The second-order valence-electron chi connectivity index (χ2n) is 6.42. The lowest BCUT2D eigenvalue weighted by Crippen LogP contribution is -2.41. The van der Waals surface area contributed by atoms with Gasteiger partial charge in [0.2, 0.25) is 5.91 Å². The Bertz CT molecular complexity index is 983. The minimum Gasteiger partial charge on any atom is -0.348 e. The lowest BCUT2D eigenvalue weighted by atomic mass is 10.0. The molecule has 0 aromatic heterocycles. The number of rotatable bonds is 4. The number of benzene rings is 2. The molecule has 2 aromatic carbocycles. The fraction of sp³-hybridized carbons (Fsp3) is 0.211. The van der Waals surface area contributed by atoms with Crippen molar-refractivity contribution < 1.29 is 27.6 Å². The summed E-state index contributed by atoms with van der Waals surface area (Å²) >= 11 is 11.7. The molecule has 0 bridgehead atoms. The summed E-state index contributed by atoms with van der Waals surface area (Å²) in [5.74, 6) is -2.11. The molecule has 1 aliphatic rings. The molecule has 1 N–H and O–H groups in total. The highest BCUT2D eigenvalue weighted by Crippen LogP contribution is 2.32. The maximum atomic E-state index is 12.8. The Morgan fingerprint density at radius 1 is 1.07 bits per heavy atom. The number of alkyl halides is 3. The van der Waals surface area contributed by atoms with Gasteiger partial charge < -0.3 is 5.32 Å². The van der Waals surface area contributed by atoms with Gasteiger partial charge in [0.25, 0.3) is 11.8 Å². The summed E-state index contributed by atoms with van der Waals surface area (Å²) in [5.41, 5.74) is -0.550. The second kappa shape index (κ2) is 7.68. The number of hydrogen-bond acceptors (Lipinski definition) is 3. The summed E-state index contributed by atoms with van der Waals surface area (Å²) in [5, 5.41) is 2.67. The molecule has 0 saturated heterocycles. The average Bonchev–Trinajstić information content (AvgIpc) is 2.86. The summed E-state index contributed by atoms with van der Waals surface area (Å²) in [6.07, 6.45) is -4.51. The number of halogens is 5. The molecule has 0 radical (unpaired) electrons. The van der Waals surface area contributed by atoms with Crippen molar-refractivity contribution in [1.29, 1.82) is 0 Å². The molecule has 1 unspecified atom stereocenters. The van der Waals surface area contributed by atoms with Gasteiger partial charge in [-0.25, -0.2) is 0 Å². The summed E-state index contributed by atoms with van der Waals surface area (Å²) in [6, 6.07) is 6.25. The van der Waals surface area contributed by atoms with Crippen LogP contribution >= 0.6 is 23.2 Å². The van der Waals surface area contributed by atoms with Gasteiger partial charge in [-0.15, -0.1) is 0 Å². The Morgan fingerprint density at radius 3 is 2.14 bits per heavy atom. The number of carbonyl (C=O) groups is 3. The van der Waals surface area contributed by atoms with Gasteiger partial charge in [0.15, 0.2) is 0 Å². The highest BCUT2D eigenvalue weighted by atomic mass is 35.5. The number of fused-ring (bicyclic) bond motifs is 1. The van der Waals surface area contributed by atoms with E-state index in [1.807, 2.05) is 0 Å². The van der Waals surface area contributed by atoms with Crippen LogP contribution in [0.4, 0.5) is 13.2 Å². The molecule has 0 spiro atoms. The van der Waals surface area contributed by atoms with Crippen LogP contribution in [0, 0.1) is 0 Å². The number of amides is 3. The Balaban J connectivity index is 1.71. The fourth-order valence-corrected chi connectivity index (χ4v) is 3.25. The van der Waals surface area contributed by atoms with E-state index in [-0.39, 0.29) is 26.7 Å². The number of imide groups is 1. The molecule has 152 valence electrons. The van der Waals surface area contributed by atoms with Crippen molar-refractivity contribution in [3.8, 4) is 0 Å². The largest absolute Gasteiger partial charge is 0.416 e. The van der Waals surface area contributed by atoms with Gasteiger partial charge in [-0.2, -0.15) is 13.2 Å². The van der Waals surface area contributed by atoms with Crippen LogP contribution in [-0.4, -0.2) is 29.2 Å². The molecular weight excluding hydrogens is 432 g/mol. The van der Waals surface area contributed by atoms with Crippen molar-refractivity contribution in [3.63, 3.8) is 0 Å². The van der Waals surface area contributed by atoms with Crippen molar-refractivity contribution in [2.24, 2.45) is 0 Å². The van der Waals surface area contributed by atoms with Crippen LogP contribution in [0.2, 0.25) is 10.0 Å². The normalized spacial score (nSPS) is 14.8. The molecule has 0 fully saturated rings. The Morgan fingerprint density at radius 2 is 1.62 bits per heavy atom. The van der Waals surface area contributed by atoms with Gasteiger partial charge in [0, 0.05) is 0 Å². The molecule has 5 nitrogen and oxygen atoms in total. The summed E-state index contributed by atoms with van der Waals surface area (Å²) in [4.78, 5) is 37.9. The second-order valence-corrected chi connectivity index (χ2v) is 7.24. The standard InChI is InChI=1S/C19H13Cl2F3N2O3/c1-9(10-3-2-4-11(5-10)19(22,23)24)25-16(27)8-26-17(28)12-6-14(20)15(21)7-13(12)18(26)29/h2-7,9H,8H2,1H3,(H,25,27). The maximum Gasteiger partial charge on any atom is 0.416 e. The minimum atomic E-state index is -4.51. The van der Waals surface area contributed by atoms with E-state index in [1.165, 1.54) is 31.2 Å². The molecule has 29 heavy (non-hydrogen) atoms. The van der Waals surface area contributed by atoms with Crippen LogP contribution in [-0.2, 0) is 11.0 Å². The third-order valence-corrected chi connectivity index (χ3v) is 5.13. The summed E-state index contributed by atoms with van der Waals surface area (Å²) in [6.45, 7) is 0.903. The number of carbonyl (C=O) groups excluding carboxylic acids is 3. The fourth-order valence-electron chi connectivity index (χ4n) is 2.93. The molecular formula is C19H13Cl2F3N2O3. The number of nitrogens with zero attached hydrogens (tertiary/aromatic N) is 1. The van der Waals surface area contributed by atoms with Crippen LogP contribution in [0.3, 0.4) is 0 Å². The van der Waals surface area contributed by atoms with Crippen molar-refractivity contribution in [3.05, 3.63) is 68.7 Å². The summed E-state index contributed by atoms with van der Waals surface area (Å²) < 4.78 is 38.5. The molecule has 1 heterocycles. The highest BCUT2D eigenvalue weighted by Gasteiger charge is 2.37. The van der Waals surface area contributed by atoms with Gasteiger partial charge in [-0.1, -0.05) is 35.3 Å². The van der Waals surface area contributed by atoms with E-state index in [0.29, 0.717) is 0 Å². The third kappa shape index (κ3) is 4.23. The average molecular weight is 445 g/mol. The minimum absolute atomic E-state index is 0.0307. The number of hydrogen-bond donors (Lipinski definition) is 1. The van der Waals surface area contributed by atoms with Gasteiger partial charge in [-0.05, 0) is 36.8 Å². The molecule has 0 aliphatic carbocycles. The first-order valence-electron chi connectivity index (χ1n) is 8.31. The molecule has 3 rings (SSSR count). The van der Waals surface area contributed by atoms with Crippen molar-refractivity contribution in [1.82, 2.24) is 10.2 Å². The lowest BCUT2D eigenvalue weighted by Gasteiger charge is -2.18. The first kappa shape index (κ1) is 21.1. The van der Waals surface area contributed by atoms with Crippen LogP contribution < -0.4 is 5.32 Å². The van der Waals surface area contributed by atoms with Gasteiger partial charge in [0.05, 0.1) is 32.8 Å². The van der Waals surface area contributed by atoms with E-state index in [2.05, 4.69) is 5.32 Å². The smallest absolute Gasteiger partial charge is 0.348 e. The molecule has 2 aromatic rings. The van der Waals surface area contributed by atoms with Gasteiger partial charge >= 0.3 is 6.18 Å². The maximum absolute atomic E-state index is 12.8. The SMILES string of the molecule is CC(NC(=O)CN1C(=O)c2cc(Cl)c(Cl)cc2C1=O)c1cccc(C(F)(F)F)c1. The number of nitrogens with one attached hydrogen (secondary N) is 1. The predicted octanol–water partition coefficient (Wildman–Crippen LogP) is 4.49. The van der Waals surface area contributed by atoms with E-state index in [0.717, 1.165) is 17.0 Å². The van der Waals surface area contributed by atoms with Crippen LogP contribution in [0.5, 0.6) is 0 Å². The van der Waals surface area contributed by atoms with Crippen LogP contribution in [0.15, 0.2) is 36.4 Å². The molecule has 3 amide bonds. The molecule has 1 aliphatic heterocycles. The lowest BCUT2D eigenvalue weighted by molar-refractivity contribution is -0.137. The van der Waals surface area contributed by atoms with Crippen molar-refractivity contribution >= 4 is 40.9 Å². The van der Waals surface area contributed by atoms with Crippen LogP contribution in [0.25, 0.3) is 0 Å². The zero-order valence-corrected chi connectivity index (χ0v) is 16.3. The molecule has 1 atom stereocenters. The Labute approximate surface area is 173 Å². The zero-order valence-electron chi connectivity index (χ0n) is 14.8. The van der Waals surface area contributed by atoms with Gasteiger partial charge in [0.1, 0.15) is 6.54 Å². The Hall–Kier alpha value is -2.58. The van der Waals surface area contributed by atoms with Crippen molar-refractivity contribution in [2.75, 3.05) is 6.54 Å². The topological polar surface area (TPSA) is 66.5 Å². The van der Waals surface area contributed by atoms with Crippen molar-refractivity contribution in [2.45, 2.75) is 19.1 Å². The molecule has 0 saturated carbocycles. The van der Waals surface area contributed by atoms with Crippen LogP contribution in [0.1, 0.15) is 44.8 Å². The van der Waals surface area contributed by atoms with E-state index in [1.54, 1.807) is 0 Å². The summed E-state index contributed by atoms with van der Waals surface area (Å²) in [7, 11) is 0. The van der Waals surface area contributed by atoms with E-state index in [4.69, 9.17) is 23.2 Å². The monoisotopic (exact) mass is 444 g/mol. The van der Waals surface area contributed by atoms with E-state index < -0.39 is 42.0 Å². The zero-order chi connectivity index (χ0) is 21.5. The van der Waals surface area contributed by atoms with E-state index in [9.17, 15) is 27.6 Å². The van der Waals surface area contributed by atoms with Gasteiger partial charge in [-0.3, -0.25) is 19.3 Å². The predicted molar refractivity (Wildman–Crippen MR) is 99.8 cm³/mol. The molecule has 10 heteroatoms.